The van der Waals surface area contributed by atoms with Gasteiger partial charge in [0.05, 0.1) is 5.69 Å². The smallest absolute Gasteiger partial charge is 0.319 e. The number of rotatable bonds is 3. The summed E-state index contributed by atoms with van der Waals surface area (Å²) in [6.45, 7) is 0.270. The van der Waals surface area contributed by atoms with Crippen LogP contribution in [0.25, 0.3) is 0 Å². The van der Waals surface area contributed by atoms with Crippen molar-refractivity contribution >= 4 is 23.3 Å². The molecule has 2 amide bonds. The fraction of sp³-hybridized carbons (Fsp3) is 0.0714. The van der Waals surface area contributed by atoms with Crippen molar-refractivity contribution in [2.75, 3.05) is 5.32 Å². The quantitative estimate of drug-likeness (QED) is 0.885. The molecule has 104 valence electrons. The predicted molar refractivity (Wildman–Crippen MR) is 73.7 cm³/mol. The molecule has 2 rings (SSSR count). The van der Waals surface area contributed by atoms with E-state index in [1.165, 1.54) is 0 Å². The molecule has 0 heterocycles. The van der Waals surface area contributed by atoms with Crippen LogP contribution in [0.15, 0.2) is 42.5 Å². The van der Waals surface area contributed by atoms with Crippen molar-refractivity contribution in [3.05, 3.63) is 64.7 Å². The SMILES string of the molecule is O=C(NCc1ccc(Cl)cc1)Nc1ccc(F)cc1F. The summed E-state index contributed by atoms with van der Waals surface area (Å²) in [6, 6.07) is 9.29. The Balaban J connectivity index is 1.90. The number of hydrogen-bond acceptors (Lipinski definition) is 1. The van der Waals surface area contributed by atoms with Gasteiger partial charge in [-0.2, -0.15) is 0 Å². The van der Waals surface area contributed by atoms with Crippen molar-refractivity contribution < 1.29 is 13.6 Å². The highest BCUT2D eigenvalue weighted by atomic mass is 35.5. The van der Waals surface area contributed by atoms with Crippen molar-refractivity contribution in [3.8, 4) is 0 Å². The van der Waals surface area contributed by atoms with Gasteiger partial charge in [-0.25, -0.2) is 13.6 Å². The minimum Gasteiger partial charge on any atom is -0.334 e. The van der Waals surface area contributed by atoms with Gasteiger partial charge in [0.15, 0.2) is 0 Å². The van der Waals surface area contributed by atoms with Crippen LogP contribution in [-0.2, 0) is 6.54 Å². The van der Waals surface area contributed by atoms with Crippen molar-refractivity contribution in [3.63, 3.8) is 0 Å². The lowest BCUT2D eigenvalue weighted by Crippen LogP contribution is -2.28. The molecule has 0 saturated heterocycles. The van der Waals surface area contributed by atoms with Crippen molar-refractivity contribution in [1.29, 1.82) is 0 Å². The highest BCUT2D eigenvalue weighted by Gasteiger charge is 2.07. The number of carbonyl (C=O) groups excluding carboxylic acids is 1. The van der Waals surface area contributed by atoms with Crippen LogP contribution in [0, 0.1) is 11.6 Å². The Morgan fingerprint density at radius 3 is 2.45 bits per heavy atom. The zero-order chi connectivity index (χ0) is 14.5. The number of anilines is 1. The fourth-order valence-electron chi connectivity index (χ4n) is 1.54. The molecule has 3 nitrogen and oxygen atoms in total. The van der Waals surface area contributed by atoms with Crippen LogP contribution in [0.1, 0.15) is 5.56 Å². The van der Waals surface area contributed by atoms with Gasteiger partial charge in [0.1, 0.15) is 11.6 Å². The molecule has 0 aliphatic carbocycles. The van der Waals surface area contributed by atoms with Gasteiger partial charge in [0.2, 0.25) is 0 Å². The summed E-state index contributed by atoms with van der Waals surface area (Å²) < 4.78 is 26.0. The van der Waals surface area contributed by atoms with Crippen LogP contribution in [0.4, 0.5) is 19.3 Å². The zero-order valence-electron chi connectivity index (χ0n) is 10.3. The summed E-state index contributed by atoms with van der Waals surface area (Å²) >= 11 is 5.74. The number of halogens is 3. The number of amides is 2. The summed E-state index contributed by atoms with van der Waals surface area (Å²) in [5, 5.41) is 5.46. The lowest BCUT2D eigenvalue weighted by atomic mass is 10.2. The van der Waals surface area contributed by atoms with E-state index in [1.54, 1.807) is 24.3 Å². The zero-order valence-corrected chi connectivity index (χ0v) is 11.0. The van der Waals surface area contributed by atoms with Gasteiger partial charge in [-0.1, -0.05) is 23.7 Å². The topological polar surface area (TPSA) is 41.1 Å². The molecule has 2 aromatic carbocycles. The van der Waals surface area contributed by atoms with E-state index in [2.05, 4.69) is 10.6 Å². The summed E-state index contributed by atoms with van der Waals surface area (Å²) in [6.07, 6.45) is 0. The third kappa shape index (κ3) is 3.93. The summed E-state index contributed by atoms with van der Waals surface area (Å²) in [5.41, 5.74) is 0.768. The normalized spacial score (nSPS) is 10.2. The second kappa shape index (κ2) is 6.34. The largest absolute Gasteiger partial charge is 0.334 e. The average Bonchev–Trinajstić information content (AvgIpc) is 2.41. The summed E-state index contributed by atoms with van der Waals surface area (Å²) in [7, 11) is 0. The van der Waals surface area contributed by atoms with E-state index in [-0.39, 0.29) is 12.2 Å². The maximum Gasteiger partial charge on any atom is 0.319 e. The van der Waals surface area contributed by atoms with Crippen molar-refractivity contribution in [1.82, 2.24) is 5.32 Å². The van der Waals surface area contributed by atoms with Gasteiger partial charge in [0.25, 0.3) is 0 Å². The van der Waals surface area contributed by atoms with E-state index in [9.17, 15) is 13.6 Å². The molecule has 0 bridgehead atoms. The first kappa shape index (κ1) is 14.3. The predicted octanol–water partition coefficient (Wildman–Crippen LogP) is 3.94. The van der Waals surface area contributed by atoms with Gasteiger partial charge in [-0.3, -0.25) is 0 Å². The van der Waals surface area contributed by atoms with E-state index in [0.29, 0.717) is 11.1 Å². The first-order valence-electron chi connectivity index (χ1n) is 5.79. The lowest BCUT2D eigenvalue weighted by Gasteiger charge is -2.08. The maximum absolute atomic E-state index is 13.3. The van der Waals surface area contributed by atoms with Crippen molar-refractivity contribution in [2.24, 2.45) is 0 Å². The van der Waals surface area contributed by atoms with Crippen LogP contribution in [-0.4, -0.2) is 6.03 Å². The maximum atomic E-state index is 13.3. The van der Waals surface area contributed by atoms with E-state index in [1.807, 2.05) is 0 Å². The highest BCUT2D eigenvalue weighted by molar-refractivity contribution is 6.30. The average molecular weight is 297 g/mol. The molecule has 0 aliphatic heterocycles. The van der Waals surface area contributed by atoms with Gasteiger partial charge in [0, 0.05) is 17.6 Å². The lowest BCUT2D eigenvalue weighted by molar-refractivity contribution is 0.251. The summed E-state index contributed by atoms with van der Waals surface area (Å²) in [4.78, 5) is 11.6. The number of hydrogen-bond donors (Lipinski definition) is 2. The van der Waals surface area contributed by atoms with E-state index in [0.717, 1.165) is 17.7 Å². The fourth-order valence-corrected chi connectivity index (χ4v) is 1.67. The molecule has 6 heteroatoms. The van der Waals surface area contributed by atoms with Gasteiger partial charge in [-0.05, 0) is 29.8 Å². The molecule has 0 aromatic heterocycles. The van der Waals surface area contributed by atoms with Crippen LogP contribution in [0.5, 0.6) is 0 Å². The van der Waals surface area contributed by atoms with Crippen molar-refractivity contribution in [2.45, 2.75) is 6.54 Å². The molecule has 2 aromatic rings. The molecule has 2 N–H and O–H groups in total. The molecular formula is C14H11ClF2N2O. The minimum absolute atomic E-state index is 0.0833. The Morgan fingerprint density at radius 2 is 1.80 bits per heavy atom. The van der Waals surface area contributed by atoms with Crippen LogP contribution >= 0.6 is 11.6 Å². The Morgan fingerprint density at radius 1 is 1.10 bits per heavy atom. The Kier molecular flexibility index (Phi) is 4.53. The van der Waals surface area contributed by atoms with Gasteiger partial charge >= 0.3 is 6.03 Å². The molecule has 0 aliphatic rings. The van der Waals surface area contributed by atoms with Gasteiger partial charge < -0.3 is 10.6 Å². The second-order valence-electron chi connectivity index (χ2n) is 4.06. The van der Waals surface area contributed by atoms with Crippen LogP contribution < -0.4 is 10.6 Å². The number of urea groups is 1. The Labute approximate surface area is 119 Å². The van der Waals surface area contributed by atoms with Crippen LogP contribution in [0.2, 0.25) is 5.02 Å². The Hall–Kier alpha value is -2.14. The second-order valence-corrected chi connectivity index (χ2v) is 4.49. The third-order valence-corrected chi connectivity index (χ3v) is 2.80. The third-order valence-electron chi connectivity index (χ3n) is 2.55. The molecule has 20 heavy (non-hydrogen) atoms. The Bertz CT molecular complexity index is 617. The molecular weight excluding hydrogens is 286 g/mol. The van der Waals surface area contributed by atoms with Crippen LogP contribution in [0.3, 0.4) is 0 Å². The molecule has 0 radical (unpaired) electrons. The highest BCUT2D eigenvalue weighted by Crippen LogP contribution is 2.14. The molecule has 0 saturated carbocycles. The monoisotopic (exact) mass is 296 g/mol. The first-order chi connectivity index (χ1) is 9.54. The van der Waals surface area contributed by atoms with E-state index < -0.39 is 17.7 Å². The molecule has 0 fully saturated rings. The van der Waals surface area contributed by atoms with E-state index >= 15 is 0 Å². The number of nitrogens with one attached hydrogen (secondary N) is 2. The molecule has 0 atom stereocenters. The van der Waals surface area contributed by atoms with Gasteiger partial charge in [-0.15, -0.1) is 0 Å². The summed E-state index contributed by atoms with van der Waals surface area (Å²) in [5.74, 6) is -1.53. The number of benzene rings is 2. The molecule has 0 spiro atoms. The minimum atomic E-state index is -0.827. The number of carbonyl (C=O) groups is 1. The standard InChI is InChI=1S/C14H11ClF2N2O/c15-10-3-1-9(2-4-10)8-18-14(20)19-13-6-5-11(16)7-12(13)17/h1-7H,8H2,(H2,18,19,20). The molecule has 0 unspecified atom stereocenters. The van der Waals surface area contributed by atoms with E-state index in [4.69, 9.17) is 11.6 Å². The first-order valence-corrected chi connectivity index (χ1v) is 6.17.